The third-order valence-corrected chi connectivity index (χ3v) is 5.39. The van der Waals surface area contributed by atoms with E-state index in [-0.39, 0.29) is 0 Å². The molecule has 0 aliphatic heterocycles. The Labute approximate surface area is 129 Å². The first kappa shape index (κ1) is 13.5. The van der Waals surface area contributed by atoms with E-state index in [0.29, 0.717) is 0 Å². The van der Waals surface area contributed by atoms with Gasteiger partial charge in [-0.1, -0.05) is 39.0 Å². The van der Waals surface area contributed by atoms with Gasteiger partial charge in [-0.15, -0.1) is 10.2 Å². The summed E-state index contributed by atoms with van der Waals surface area (Å²) in [5.74, 6) is 0. The minimum absolute atomic E-state index is 0.723. The van der Waals surface area contributed by atoms with Crippen LogP contribution in [0.15, 0.2) is 31.9 Å². The van der Waals surface area contributed by atoms with E-state index in [1.807, 2.05) is 6.92 Å². The van der Waals surface area contributed by atoms with Gasteiger partial charge in [0.1, 0.15) is 5.01 Å². The van der Waals surface area contributed by atoms with E-state index in [1.54, 1.807) is 23.1 Å². The number of rotatable bonds is 5. The number of hydrogen-bond acceptors (Lipinski definition) is 5. The maximum absolute atomic E-state index is 4.18. The van der Waals surface area contributed by atoms with Crippen LogP contribution in [0.3, 0.4) is 0 Å². The first-order chi connectivity index (χ1) is 9.20. The fourth-order valence-electron chi connectivity index (χ4n) is 1.74. The molecule has 100 valence electrons. The maximum atomic E-state index is 4.18. The number of halogens is 1. The maximum Gasteiger partial charge on any atom is 0.179 e. The molecule has 2 aromatic rings. The van der Waals surface area contributed by atoms with Crippen LogP contribution in [-0.4, -0.2) is 16.2 Å². The van der Waals surface area contributed by atoms with Crippen molar-refractivity contribution in [3.63, 3.8) is 0 Å². The van der Waals surface area contributed by atoms with Gasteiger partial charge in [0.25, 0.3) is 0 Å². The summed E-state index contributed by atoms with van der Waals surface area (Å²) in [6.07, 6.45) is 2.62. The molecule has 1 aromatic heterocycles. The van der Waals surface area contributed by atoms with E-state index in [4.69, 9.17) is 0 Å². The molecule has 19 heavy (non-hydrogen) atoms. The number of benzene rings is 1. The molecule has 3 nitrogen and oxygen atoms in total. The van der Waals surface area contributed by atoms with Crippen LogP contribution in [0, 0.1) is 6.92 Å². The van der Waals surface area contributed by atoms with Gasteiger partial charge in [-0.05, 0) is 43.5 Å². The van der Waals surface area contributed by atoms with Gasteiger partial charge >= 0.3 is 0 Å². The van der Waals surface area contributed by atoms with Gasteiger partial charge in [0.2, 0.25) is 0 Å². The number of aromatic nitrogens is 2. The lowest BCUT2D eigenvalue weighted by atomic mass is 10.2. The molecule has 1 heterocycles. The van der Waals surface area contributed by atoms with E-state index in [2.05, 4.69) is 49.6 Å². The lowest BCUT2D eigenvalue weighted by Gasteiger charge is -2.09. The quantitative estimate of drug-likeness (QED) is 0.878. The normalized spacial score (nSPS) is 14.8. The van der Waals surface area contributed by atoms with Gasteiger partial charge in [0, 0.05) is 22.0 Å². The molecule has 0 radical (unpaired) electrons. The molecular formula is C13H14BrN3S2. The third-order valence-electron chi connectivity index (χ3n) is 2.89. The second kappa shape index (κ2) is 5.91. The van der Waals surface area contributed by atoms with Crippen LogP contribution in [0.4, 0.5) is 0 Å². The van der Waals surface area contributed by atoms with Crippen molar-refractivity contribution in [1.82, 2.24) is 15.5 Å². The predicted octanol–water partition coefficient (Wildman–Crippen LogP) is 4.01. The van der Waals surface area contributed by atoms with Crippen molar-refractivity contribution < 1.29 is 0 Å². The molecule has 1 aromatic carbocycles. The molecule has 0 unspecified atom stereocenters. The SMILES string of the molecule is Cc1nnc(Sc2ccc(Br)cc2CNC2CC2)s1. The molecule has 0 amide bonds. The van der Waals surface area contributed by atoms with Crippen LogP contribution >= 0.6 is 39.0 Å². The molecule has 0 saturated heterocycles. The Morgan fingerprint density at radius 3 is 2.95 bits per heavy atom. The summed E-state index contributed by atoms with van der Waals surface area (Å²) in [7, 11) is 0. The van der Waals surface area contributed by atoms with Gasteiger partial charge in [-0.3, -0.25) is 0 Å². The molecule has 1 aliphatic carbocycles. The van der Waals surface area contributed by atoms with E-state index in [1.165, 1.54) is 23.3 Å². The molecule has 1 N–H and O–H groups in total. The summed E-state index contributed by atoms with van der Waals surface area (Å²) in [6.45, 7) is 2.91. The van der Waals surface area contributed by atoms with E-state index in [0.717, 1.165) is 26.4 Å². The number of hydrogen-bond donors (Lipinski definition) is 1. The summed E-state index contributed by atoms with van der Waals surface area (Å²) in [4.78, 5) is 1.26. The lowest BCUT2D eigenvalue weighted by Crippen LogP contribution is -2.15. The Morgan fingerprint density at radius 2 is 2.26 bits per heavy atom. The van der Waals surface area contributed by atoms with Gasteiger partial charge in [-0.25, -0.2) is 0 Å². The molecule has 0 atom stereocenters. The first-order valence-electron chi connectivity index (χ1n) is 6.20. The van der Waals surface area contributed by atoms with Crippen molar-refractivity contribution in [1.29, 1.82) is 0 Å². The summed E-state index contributed by atoms with van der Waals surface area (Å²) in [6, 6.07) is 7.14. The van der Waals surface area contributed by atoms with E-state index < -0.39 is 0 Å². The average molecular weight is 356 g/mol. The zero-order valence-electron chi connectivity index (χ0n) is 10.5. The highest BCUT2D eigenvalue weighted by molar-refractivity contribution is 9.10. The monoisotopic (exact) mass is 355 g/mol. The number of nitrogens with one attached hydrogen (secondary N) is 1. The standard InChI is InChI=1S/C13H14BrN3S2/c1-8-16-17-13(18-8)19-12-5-2-10(14)6-9(12)7-15-11-3-4-11/h2,5-6,11,15H,3-4,7H2,1H3. The number of aryl methyl sites for hydroxylation is 1. The highest BCUT2D eigenvalue weighted by atomic mass is 79.9. The fourth-order valence-corrected chi connectivity index (χ4v) is 4.03. The summed E-state index contributed by atoms with van der Waals surface area (Å²) in [5, 5.41) is 12.8. The van der Waals surface area contributed by atoms with Crippen LogP contribution in [-0.2, 0) is 6.54 Å². The van der Waals surface area contributed by atoms with Gasteiger partial charge in [-0.2, -0.15) is 0 Å². The summed E-state index contributed by atoms with van der Waals surface area (Å²) < 4.78 is 2.13. The van der Waals surface area contributed by atoms with E-state index >= 15 is 0 Å². The molecule has 0 spiro atoms. The zero-order chi connectivity index (χ0) is 13.2. The van der Waals surface area contributed by atoms with Gasteiger partial charge in [0.15, 0.2) is 4.34 Å². The Hall–Kier alpha value is -0.430. The average Bonchev–Trinajstić information content (AvgIpc) is 3.13. The first-order valence-corrected chi connectivity index (χ1v) is 8.63. The minimum atomic E-state index is 0.723. The van der Waals surface area contributed by atoms with Gasteiger partial charge in [0.05, 0.1) is 0 Å². The second-order valence-corrected chi connectivity index (χ2v) is 7.98. The largest absolute Gasteiger partial charge is 0.310 e. The Morgan fingerprint density at radius 1 is 1.42 bits per heavy atom. The van der Waals surface area contributed by atoms with Crippen molar-refractivity contribution in [3.8, 4) is 0 Å². The third kappa shape index (κ3) is 3.78. The fraction of sp³-hybridized carbons (Fsp3) is 0.385. The van der Waals surface area contributed by atoms with Gasteiger partial charge < -0.3 is 5.32 Å². The predicted molar refractivity (Wildman–Crippen MR) is 82.8 cm³/mol. The van der Waals surface area contributed by atoms with Crippen LogP contribution in [0.5, 0.6) is 0 Å². The smallest absolute Gasteiger partial charge is 0.179 e. The Kier molecular flexibility index (Phi) is 4.21. The Balaban J connectivity index is 1.77. The van der Waals surface area contributed by atoms with Crippen LogP contribution in [0.2, 0.25) is 0 Å². The topological polar surface area (TPSA) is 37.8 Å². The van der Waals surface area contributed by atoms with E-state index in [9.17, 15) is 0 Å². The molecule has 1 saturated carbocycles. The van der Waals surface area contributed by atoms with Crippen LogP contribution in [0.25, 0.3) is 0 Å². The highest BCUT2D eigenvalue weighted by Gasteiger charge is 2.20. The molecule has 3 rings (SSSR count). The molecule has 6 heteroatoms. The summed E-state index contributed by atoms with van der Waals surface area (Å²) >= 11 is 6.89. The summed E-state index contributed by atoms with van der Waals surface area (Å²) in [5.41, 5.74) is 1.32. The van der Waals surface area contributed by atoms with Crippen LogP contribution in [0.1, 0.15) is 23.4 Å². The molecule has 1 aliphatic rings. The zero-order valence-corrected chi connectivity index (χ0v) is 13.7. The molecular weight excluding hydrogens is 342 g/mol. The van der Waals surface area contributed by atoms with Crippen molar-refractivity contribution in [3.05, 3.63) is 33.2 Å². The number of nitrogens with zero attached hydrogens (tertiary/aromatic N) is 2. The van der Waals surface area contributed by atoms with Crippen LogP contribution < -0.4 is 5.32 Å². The highest BCUT2D eigenvalue weighted by Crippen LogP contribution is 2.34. The van der Waals surface area contributed by atoms with Crippen molar-refractivity contribution in [2.24, 2.45) is 0 Å². The molecule has 1 fully saturated rings. The molecule has 0 bridgehead atoms. The van der Waals surface area contributed by atoms with Crippen molar-refractivity contribution in [2.45, 2.75) is 41.6 Å². The minimum Gasteiger partial charge on any atom is -0.310 e. The second-order valence-electron chi connectivity index (χ2n) is 4.60. The lowest BCUT2D eigenvalue weighted by molar-refractivity contribution is 0.680. The van der Waals surface area contributed by atoms with Crippen molar-refractivity contribution in [2.75, 3.05) is 0 Å². The Bertz CT molecular complexity index is 581. The van der Waals surface area contributed by atoms with Crippen molar-refractivity contribution >= 4 is 39.0 Å².